The van der Waals surface area contributed by atoms with Crippen LogP contribution in [0.3, 0.4) is 0 Å². The summed E-state index contributed by atoms with van der Waals surface area (Å²) in [6.45, 7) is 2.43. The van der Waals surface area contributed by atoms with Crippen LogP contribution >= 0.6 is 0 Å². The van der Waals surface area contributed by atoms with E-state index in [0.717, 1.165) is 16.8 Å². The van der Waals surface area contributed by atoms with Crippen molar-refractivity contribution in [2.24, 2.45) is 0 Å². The molecule has 1 aliphatic rings. The molecule has 0 bridgehead atoms. The van der Waals surface area contributed by atoms with E-state index in [-0.39, 0.29) is 24.7 Å². The van der Waals surface area contributed by atoms with Crippen molar-refractivity contribution in [3.63, 3.8) is 0 Å². The highest BCUT2D eigenvalue weighted by Gasteiger charge is 2.38. The Morgan fingerprint density at radius 2 is 2.12 bits per heavy atom. The van der Waals surface area contributed by atoms with E-state index in [2.05, 4.69) is 0 Å². The van der Waals surface area contributed by atoms with Crippen molar-refractivity contribution in [3.05, 3.63) is 36.4 Å². The Labute approximate surface area is 141 Å². The van der Waals surface area contributed by atoms with Gasteiger partial charge in [-0.25, -0.2) is 4.31 Å². The summed E-state index contributed by atoms with van der Waals surface area (Å²) in [6.07, 6.45) is 2.94. The highest BCUT2D eigenvalue weighted by molar-refractivity contribution is 8.07. The van der Waals surface area contributed by atoms with Gasteiger partial charge >= 0.3 is 10.0 Å². The number of allylic oxidation sites excluding steroid dienone is 1. The molecular formula is C16H21NO6S. The Morgan fingerprint density at radius 1 is 1.38 bits per heavy atom. The first kappa shape index (κ1) is 18.4. The lowest BCUT2D eigenvalue weighted by molar-refractivity contribution is -0.108. The molecule has 0 aliphatic carbocycles. The number of rotatable bonds is 6. The molecule has 1 unspecified atom stereocenters. The molecule has 0 aromatic heterocycles. The van der Waals surface area contributed by atoms with Crippen LogP contribution in [0.15, 0.2) is 36.4 Å². The first-order valence-electron chi connectivity index (χ1n) is 7.70. The number of carbonyl (C=O) groups is 1. The van der Waals surface area contributed by atoms with Gasteiger partial charge in [-0.1, -0.05) is 31.6 Å². The van der Waals surface area contributed by atoms with Crippen LogP contribution in [0.25, 0.3) is 0 Å². The van der Waals surface area contributed by atoms with E-state index in [9.17, 15) is 18.3 Å². The van der Waals surface area contributed by atoms with Gasteiger partial charge in [0.1, 0.15) is 5.75 Å². The highest BCUT2D eigenvalue weighted by atomic mass is 32.2. The minimum Gasteiger partial charge on any atom is -0.506 e. The number of hydrogen-bond donors (Lipinski definition) is 1. The zero-order chi connectivity index (χ0) is 17.6. The van der Waals surface area contributed by atoms with E-state index < -0.39 is 21.4 Å². The Bertz CT molecular complexity index is 694. The van der Waals surface area contributed by atoms with Crippen molar-refractivity contribution < 1.29 is 27.8 Å². The van der Waals surface area contributed by atoms with Crippen molar-refractivity contribution in [3.8, 4) is 5.75 Å². The average Bonchev–Trinajstić information content (AvgIpc) is 2.58. The van der Waals surface area contributed by atoms with Crippen LogP contribution in [-0.2, 0) is 24.3 Å². The fourth-order valence-electron chi connectivity index (χ4n) is 2.23. The summed E-state index contributed by atoms with van der Waals surface area (Å²) >= 11 is 0. The number of carbonyl (C=O) groups excluding carboxylic acids is 1. The molecule has 2 rings (SSSR count). The SMILES string of the molecule is CCCC=CC(=O)S(=O)(=O)N(c1ccccc1O)C1COCCO1. The number of nitrogens with zero attached hydrogens (tertiary/aromatic N) is 1. The van der Waals surface area contributed by atoms with E-state index in [1.54, 1.807) is 12.1 Å². The molecule has 1 heterocycles. The summed E-state index contributed by atoms with van der Waals surface area (Å²) < 4.78 is 37.0. The van der Waals surface area contributed by atoms with Crippen molar-refractivity contribution in [1.82, 2.24) is 0 Å². The summed E-state index contributed by atoms with van der Waals surface area (Å²) in [6, 6.07) is 5.89. The summed E-state index contributed by atoms with van der Waals surface area (Å²) in [5.41, 5.74) is -0.0229. The lowest BCUT2D eigenvalue weighted by Gasteiger charge is -2.34. The van der Waals surface area contributed by atoms with Crippen LogP contribution in [0.5, 0.6) is 5.75 Å². The van der Waals surface area contributed by atoms with Crippen LogP contribution in [-0.4, -0.2) is 44.7 Å². The Hall–Kier alpha value is -1.90. The summed E-state index contributed by atoms with van der Waals surface area (Å²) in [7, 11) is -4.41. The number of phenols is 1. The van der Waals surface area contributed by atoms with Gasteiger partial charge in [-0.15, -0.1) is 0 Å². The summed E-state index contributed by atoms with van der Waals surface area (Å²) in [4.78, 5) is 12.2. The molecule has 0 radical (unpaired) electrons. The van der Waals surface area contributed by atoms with E-state index in [0.29, 0.717) is 13.0 Å². The lowest BCUT2D eigenvalue weighted by Crippen LogP contribution is -2.49. The topological polar surface area (TPSA) is 93.1 Å². The second-order valence-electron chi connectivity index (χ2n) is 5.20. The Balaban J connectivity index is 2.41. The first-order chi connectivity index (χ1) is 11.5. The number of aromatic hydroxyl groups is 1. The van der Waals surface area contributed by atoms with Gasteiger partial charge in [0.25, 0.3) is 5.12 Å². The third-order valence-electron chi connectivity index (χ3n) is 3.40. The van der Waals surface area contributed by atoms with Gasteiger partial charge < -0.3 is 14.6 Å². The van der Waals surface area contributed by atoms with Crippen LogP contribution in [0, 0.1) is 0 Å². The molecule has 0 spiro atoms. The number of benzene rings is 1. The van der Waals surface area contributed by atoms with Crippen LogP contribution < -0.4 is 4.31 Å². The maximum Gasteiger partial charge on any atom is 0.304 e. The molecule has 0 amide bonds. The van der Waals surface area contributed by atoms with Crippen molar-refractivity contribution >= 4 is 20.8 Å². The first-order valence-corrected chi connectivity index (χ1v) is 9.14. The van der Waals surface area contributed by atoms with Crippen molar-refractivity contribution in [2.75, 3.05) is 24.1 Å². The number of sulfonamides is 1. The number of hydrogen-bond acceptors (Lipinski definition) is 6. The van der Waals surface area contributed by atoms with Crippen LogP contribution in [0.2, 0.25) is 0 Å². The number of phenolic OH excluding ortho intramolecular Hbond substituents is 1. The summed E-state index contributed by atoms with van der Waals surface area (Å²) in [5, 5.41) is 8.98. The smallest absolute Gasteiger partial charge is 0.304 e. The van der Waals surface area contributed by atoms with E-state index in [4.69, 9.17) is 9.47 Å². The molecule has 7 nitrogen and oxygen atoms in total. The normalized spacial score (nSPS) is 18.6. The molecule has 0 saturated carbocycles. The van der Waals surface area contributed by atoms with Gasteiger partial charge in [0.15, 0.2) is 6.23 Å². The van der Waals surface area contributed by atoms with E-state index in [1.165, 1.54) is 18.2 Å². The van der Waals surface area contributed by atoms with E-state index in [1.807, 2.05) is 6.92 Å². The monoisotopic (exact) mass is 355 g/mol. The molecular weight excluding hydrogens is 334 g/mol. The van der Waals surface area contributed by atoms with E-state index >= 15 is 0 Å². The Kier molecular flexibility index (Phi) is 6.36. The molecule has 8 heteroatoms. The van der Waals surface area contributed by atoms with Gasteiger partial charge in [0, 0.05) is 0 Å². The molecule has 1 N–H and O–H groups in total. The van der Waals surface area contributed by atoms with Crippen molar-refractivity contribution in [1.29, 1.82) is 0 Å². The fraction of sp³-hybridized carbons (Fsp3) is 0.438. The quantitative estimate of drug-likeness (QED) is 0.782. The highest BCUT2D eigenvalue weighted by Crippen LogP contribution is 2.32. The number of anilines is 1. The zero-order valence-corrected chi connectivity index (χ0v) is 14.2. The maximum absolute atomic E-state index is 12.8. The molecule has 1 saturated heterocycles. The lowest BCUT2D eigenvalue weighted by atomic mass is 10.3. The second-order valence-corrected chi connectivity index (χ2v) is 6.95. The predicted molar refractivity (Wildman–Crippen MR) is 89.1 cm³/mol. The zero-order valence-electron chi connectivity index (χ0n) is 13.4. The largest absolute Gasteiger partial charge is 0.506 e. The van der Waals surface area contributed by atoms with Crippen LogP contribution in [0.1, 0.15) is 19.8 Å². The number of para-hydroxylation sites is 2. The predicted octanol–water partition coefficient (Wildman–Crippen LogP) is 1.78. The maximum atomic E-state index is 12.8. The van der Waals surface area contributed by atoms with Gasteiger partial charge in [0.05, 0.1) is 25.5 Å². The summed E-state index contributed by atoms with van der Waals surface area (Å²) in [5.74, 6) is -0.263. The van der Waals surface area contributed by atoms with Gasteiger partial charge in [0.2, 0.25) is 0 Å². The molecule has 132 valence electrons. The molecule has 1 aromatic carbocycles. The number of ether oxygens (including phenoxy) is 2. The van der Waals surface area contributed by atoms with Crippen molar-refractivity contribution in [2.45, 2.75) is 26.0 Å². The average molecular weight is 355 g/mol. The van der Waals surface area contributed by atoms with Gasteiger partial charge in [-0.05, 0) is 24.6 Å². The standard InChI is InChI=1S/C16H21NO6S/c1-2-3-4-9-16(19)24(20,21)17(15-12-22-10-11-23-15)13-7-5-6-8-14(13)18/h4-9,15,18H,2-3,10-12H2,1H3. The molecule has 1 fully saturated rings. The number of unbranched alkanes of at least 4 members (excludes halogenated alkanes) is 1. The third kappa shape index (κ3) is 4.14. The third-order valence-corrected chi connectivity index (χ3v) is 5.00. The molecule has 24 heavy (non-hydrogen) atoms. The minimum absolute atomic E-state index is 0.0229. The minimum atomic E-state index is -4.41. The molecule has 1 aromatic rings. The second kappa shape index (κ2) is 8.27. The molecule has 1 atom stereocenters. The Morgan fingerprint density at radius 3 is 2.75 bits per heavy atom. The van der Waals surface area contributed by atoms with Crippen LogP contribution in [0.4, 0.5) is 5.69 Å². The van der Waals surface area contributed by atoms with Gasteiger partial charge in [-0.2, -0.15) is 8.42 Å². The van der Waals surface area contributed by atoms with Gasteiger partial charge in [-0.3, -0.25) is 4.79 Å². The fourth-order valence-corrected chi connectivity index (χ4v) is 3.54. The molecule has 1 aliphatic heterocycles.